The number of aldehydes is 1. The largest absolute Gasteiger partial charge is 0.382 e. The molecule has 66 valence electrons. The molecule has 0 fully saturated rings. The van der Waals surface area contributed by atoms with Crippen molar-refractivity contribution in [3.63, 3.8) is 0 Å². The van der Waals surface area contributed by atoms with E-state index in [1.54, 1.807) is 6.92 Å². The van der Waals surface area contributed by atoms with Crippen LogP contribution in [0.2, 0.25) is 0 Å². The number of carbonyl (C=O) groups is 1. The van der Waals surface area contributed by atoms with Crippen molar-refractivity contribution in [2.24, 2.45) is 0 Å². The fourth-order valence-electron chi connectivity index (χ4n) is 0.590. The fraction of sp³-hybridized carbons (Fsp3) is 0.857. The van der Waals surface area contributed by atoms with E-state index < -0.39 is 12.3 Å². The van der Waals surface area contributed by atoms with Crippen molar-refractivity contribution in [1.29, 1.82) is 0 Å². The number of alkyl halides is 1. The van der Waals surface area contributed by atoms with Gasteiger partial charge in [-0.15, -0.1) is 0 Å². The van der Waals surface area contributed by atoms with E-state index >= 15 is 0 Å². The molecule has 0 heterocycles. The Kier molecular flexibility index (Phi) is 5.97. The van der Waals surface area contributed by atoms with Crippen molar-refractivity contribution in [2.45, 2.75) is 19.2 Å². The lowest BCUT2D eigenvalue weighted by molar-refractivity contribution is -0.115. The Labute approximate surface area is 65.5 Å². The van der Waals surface area contributed by atoms with Gasteiger partial charge in [0, 0.05) is 7.11 Å². The van der Waals surface area contributed by atoms with Crippen LogP contribution in [0.5, 0.6) is 0 Å². The SMILES string of the molecule is COCC(F)C(C)OCC=O. The molecule has 0 N–H and O–H groups in total. The van der Waals surface area contributed by atoms with Gasteiger partial charge in [-0.1, -0.05) is 0 Å². The molecule has 0 rings (SSSR count). The van der Waals surface area contributed by atoms with E-state index in [-0.39, 0.29) is 13.2 Å². The van der Waals surface area contributed by atoms with Crippen LogP contribution in [0.15, 0.2) is 0 Å². The van der Waals surface area contributed by atoms with Crippen LogP contribution in [0.25, 0.3) is 0 Å². The minimum atomic E-state index is -1.17. The Balaban J connectivity index is 3.45. The van der Waals surface area contributed by atoms with Gasteiger partial charge >= 0.3 is 0 Å². The van der Waals surface area contributed by atoms with E-state index in [1.165, 1.54) is 7.11 Å². The molecule has 0 aliphatic rings. The Morgan fingerprint density at radius 2 is 2.27 bits per heavy atom. The van der Waals surface area contributed by atoms with E-state index in [9.17, 15) is 9.18 Å². The molecular weight excluding hydrogens is 151 g/mol. The van der Waals surface area contributed by atoms with Crippen LogP contribution in [0.4, 0.5) is 4.39 Å². The molecule has 0 amide bonds. The van der Waals surface area contributed by atoms with Gasteiger partial charge in [0.05, 0.1) is 12.7 Å². The highest BCUT2D eigenvalue weighted by Crippen LogP contribution is 2.02. The van der Waals surface area contributed by atoms with Crippen LogP contribution in [0.3, 0.4) is 0 Å². The zero-order valence-corrected chi connectivity index (χ0v) is 6.75. The minimum absolute atomic E-state index is 0.0000236. The first-order valence-electron chi connectivity index (χ1n) is 3.40. The maximum absolute atomic E-state index is 12.8. The van der Waals surface area contributed by atoms with E-state index in [0.717, 1.165) is 0 Å². The first kappa shape index (κ1) is 10.5. The molecule has 0 spiro atoms. The lowest BCUT2D eigenvalue weighted by Gasteiger charge is -2.14. The summed E-state index contributed by atoms with van der Waals surface area (Å²) in [6.45, 7) is 1.50. The molecule has 0 saturated heterocycles. The van der Waals surface area contributed by atoms with Gasteiger partial charge in [0.25, 0.3) is 0 Å². The quantitative estimate of drug-likeness (QED) is 0.538. The second-order valence-electron chi connectivity index (χ2n) is 2.18. The fourth-order valence-corrected chi connectivity index (χ4v) is 0.590. The smallest absolute Gasteiger partial charge is 0.149 e. The van der Waals surface area contributed by atoms with Gasteiger partial charge in [0.15, 0.2) is 0 Å². The van der Waals surface area contributed by atoms with Crippen molar-refractivity contribution in [1.82, 2.24) is 0 Å². The Bertz CT molecular complexity index is 108. The average Bonchev–Trinajstić information content (AvgIpc) is 2.00. The molecular formula is C7H13FO3. The average molecular weight is 164 g/mol. The molecule has 0 aliphatic carbocycles. The van der Waals surface area contributed by atoms with Gasteiger partial charge in [-0.3, -0.25) is 0 Å². The number of halogens is 1. The zero-order chi connectivity index (χ0) is 8.69. The highest BCUT2D eigenvalue weighted by molar-refractivity contribution is 5.50. The molecule has 0 radical (unpaired) electrons. The number of hydrogen-bond donors (Lipinski definition) is 0. The first-order chi connectivity index (χ1) is 5.22. The topological polar surface area (TPSA) is 35.5 Å². The summed E-state index contributed by atoms with van der Waals surface area (Å²) in [5.74, 6) is 0. The third-order valence-electron chi connectivity index (χ3n) is 1.26. The summed E-state index contributed by atoms with van der Waals surface area (Å²) < 4.78 is 22.1. The first-order valence-corrected chi connectivity index (χ1v) is 3.40. The van der Waals surface area contributed by atoms with Crippen LogP contribution in [0, 0.1) is 0 Å². The normalized spacial score (nSPS) is 15.9. The lowest BCUT2D eigenvalue weighted by Crippen LogP contribution is -2.26. The van der Waals surface area contributed by atoms with Gasteiger partial charge in [-0.25, -0.2) is 4.39 Å². The number of carbonyl (C=O) groups excluding carboxylic acids is 1. The van der Waals surface area contributed by atoms with Crippen molar-refractivity contribution in [3.8, 4) is 0 Å². The summed E-state index contributed by atoms with van der Waals surface area (Å²) in [6, 6.07) is 0. The highest BCUT2D eigenvalue weighted by Gasteiger charge is 2.15. The van der Waals surface area contributed by atoms with Crippen LogP contribution < -0.4 is 0 Å². The minimum Gasteiger partial charge on any atom is -0.382 e. The lowest BCUT2D eigenvalue weighted by atomic mass is 10.2. The predicted molar refractivity (Wildman–Crippen MR) is 38.2 cm³/mol. The Hall–Kier alpha value is -0.480. The van der Waals surface area contributed by atoms with Gasteiger partial charge in [-0.2, -0.15) is 0 Å². The zero-order valence-electron chi connectivity index (χ0n) is 6.75. The molecule has 11 heavy (non-hydrogen) atoms. The van der Waals surface area contributed by atoms with Gasteiger partial charge in [-0.05, 0) is 6.92 Å². The van der Waals surface area contributed by atoms with Crippen LogP contribution in [-0.4, -0.2) is 38.9 Å². The summed E-state index contributed by atoms with van der Waals surface area (Å²) in [5, 5.41) is 0. The number of hydrogen-bond acceptors (Lipinski definition) is 3. The van der Waals surface area contributed by atoms with E-state index in [1.807, 2.05) is 0 Å². The highest BCUT2D eigenvalue weighted by atomic mass is 19.1. The number of methoxy groups -OCH3 is 1. The third-order valence-corrected chi connectivity index (χ3v) is 1.26. The van der Waals surface area contributed by atoms with E-state index in [0.29, 0.717) is 6.29 Å². The molecule has 0 aliphatic heterocycles. The molecule has 0 aromatic heterocycles. The molecule has 4 heteroatoms. The van der Waals surface area contributed by atoms with Gasteiger partial charge < -0.3 is 14.3 Å². The molecule has 0 saturated carbocycles. The van der Waals surface area contributed by atoms with Crippen molar-refractivity contribution in [2.75, 3.05) is 20.3 Å². The van der Waals surface area contributed by atoms with E-state index in [2.05, 4.69) is 4.74 Å². The Morgan fingerprint density at radius 3 is 2.73 bits per heavy atom. The number of rotatable bonds is 6. The van der Waals surface area contributed by atoms with Crippen molar-refractivity contribution < 1.29 is 18.7 Å². The maximum atomic E-state index is 12.8. The summed E-state index contributed by atoms with van der Waals surface area (Å²) >= 11 is 0. The molecule has 0 bridgehead atoms. The van der Waals surface area contributed by atoms with Gasteiger partial charge in [0.1, 0.15) is 19.1 Å². The Morgan fingerprint density at radius 1 is 1.64 bits per heavy atom. The second kappa shape index (κ2) is 6.24. The molecule has 3 nitrogen and oxygen atoms in total. The third kappa shape index (κ3) is 4.86. The van der Waals surface area contributed by atoms with Crippen LogP contribution in [-0.2, 0) is 14.3 Å². The predicted octanol–water partition coefficient (Wildman–Crippen LogP) is 0.575. The summed E-state index contributed by atoms with van der Waals surface area (Å²) in [7, 11) is 1.42. The van der Waals surface area contributed by atoms with E-state index in [4.69, 9.17) is 4.74 Å². The summed E-state index contributed by atoms with van der Waals surface area (Å²) in [5.41, 5.74) is 0. The van der Waals surface area contributed by atoms with Gasteiger partial charge in [0.2, 0.25) is 0 Å². The second-order valence-corrected chi connectivity index (χ2v) is 2.18. The molecule has 0 aromatic carbocycles. The molecule has 0 aromatic rings. The standard InChI is InChI=1S/C7H13FO3/c1-6(11-4-3-9)7(8)5-10-2/h3,6-7H,4-5H2,1-2H3. The summed E-state index contributed by atoms with van der Waals surface area (Å²) in [4.78, 5) is 9.81. The van der Waals surface area contributed by atoms with Crippen molar-refractivity contribution >= 4 is 6.29 Å². The van der Waals surface area contributed by atoms with Crippen molar-refractivity contribution in [3.05, 3.63) is 0 Å². The van der Waals surface area contributed by atoms with Crippen LogP contribution >= 0.6 is 0 Å². The number of ether oxygens (including phenoxy) is 2. The monoisotopic (exact) mass is 164 g/mol. The van der Waals surface area contributed by atoms with Crippen LogP contribution in [0.1, 0.15) is 6.92 Å². The summed E-state index contributed by atoms with van der Waals surface area (Å²) in [6.07, 6.45) is -1.16. The molecule has 2 atom stereocenters. The molecule has 2 unspecified atom stereocenters. The maximum Gasteiger partial charge on any atom is 0.149 e.